The minimum Gasteiger partial charge on any atom is -0.393 e. The fraction of sp³-hybridized carbons (Fsp3) is 1.00. The third-order valence-electron chi connectivity index (χ3n) is 5.98. The van der Waals surface area contributed by atoms with Gasteiger partial charge in [0.25, 0.3) is 10.1 Å². The lowest BCUT2D eigenvalue weighted by molar-refractivity contribution is 0.147. The van der Waals surface area contributed by atoms with Crippen LogP contribution >= 0.6 is 0 Å². The van der Waals surface area contributed by atoms with Gasteiger partial charge in [0.2, 0.25) is 0 Å². The quantitative estimate of drug-likeness (QED) is 0.137. The summed E-state index contributed by atoms with van der Waals surface area (Å²) in [6.07, 6.45) is 21.4. The van der Waals surface area contributed by atoms with E-state index in [-0.39, 0.29) is 6.42 Å². The standard InChI is InChI=1S/C24H50O4S/c1-3-5-7-8-9-10-11-12-13-14-15-16-17-19-21-24(29(26,27)28)22-23(25)20-18-6-4-2/h23-25H,3-22H2,1-2H3,(H,26,27,28). The molecule has 0 fully saturated rings. The summed E-state index contributed by atoms with van der Waals surface area (Å²) in [5, 5.41) is 9.24. The maximum atomic E-state index is 11.6. The molecule has 0 aromatic heterocycles. The van der Waals surface area contributed by atoms with Crippen molar-refractivity contribution < 1.29 is 18.1 Å². The molecule has 2 N–H and O–H groups in total. The minimum absolute atomic E-state index is 0.168. The lowest BCUT2D eigenvalue weighted by atomic mass is 10.0. The first-order valence-electron chi connectivity index (χ1n) is 12.6. The summed E-state index contributed by atoms with van der Waals surface area (Å²) in [5.41, 5.74) is 0. The topological polar surface area (TPSA) is 74.6 Å². The van der Waals surface area contributed by atoms with E-state index in [2.05, 4.69) is 13.8 Å². The summed E-state index contributed by atoms with van der Waals surface area (Å²) in [7, 11) is -4.07. The van der Waals surface area contributed by atoms with E-state index in [1.165, 1.54) is 70.6 Å². The Bertz CT molecular complexity index is 436. The highest BCUT2D eigenvalue weighted by Gasteiger charge is 2.25. The number of aliphatic hydroxyl groups is 1. The van der Waals surface area contributed by atoms with Crippen LogP contribution in [0.5, 0.6) is 0 Å². The Morgan fingerprint density at radius 3 is 1.34 bits per heavy atom. The maximum Gasteiger partial charge on any atom is 0.267 e. The van der Waals surface area contributed by atoms with Crippen LogP contribution in [0.3, 0.4) is 0 Å². The summed E-state index contributed by atoms with van der Waals surface area (Å²) < 4.78 is 32.7. The Kier molecular flexibility index (Phi) is 19.7. The molecule has 0 saturated heterocycles. The second-order valence-corrected chi connectivity index (χ2v) is 10.6. The predicted molar refractivity (Wildman–Crippen MR) is 125 cm³/mol. The molecule has 4 nitrogen and oxygen atoms in total. The van der Waals surface area contributed by atoms with Crippen molar-refractivity contribution in [1.82, 2.24) is 0 Å². The highest BCUT2D eigenvalue weighted by atomic mass is 32.2. The van der Waals surface area contributed by atoms with Gasteiger partial charge in [0.15, 0.2) is 0 Å². The van der Waals surface area contributed by atoms with Gasteiger partial charge < -0.3 is 5.11 Å². The van der Waals surface area contributed by atoms with E-state index >= 15 is 0 Å². The van der Waals surface area contributed by atoms with Gasteiger partial charge in [-0.25, -0.2) is 0 Å². The molecule has 0 aliphatic heterocycles. The molecule has 2 atom stereocenters. The third-order valence-corrected chi connectivity index (χ3v) is 7.25. The number of aliphatic hydroxyl groups excluding tert-OH is 1. The molecule has 0 bridgehead atoms. The van der Waals surface area contributed by atoms with Gasteiger partial charge in [0.1, 0.15) is 0 Å². The average molecular weight is 435 g/mol. The Labute approximate surface area is 182 Å². The highest BCUT2D eigenvalue weighted by Crippen LogP contribution is 2.20. The van der Waals surface area contributed by atoms with E-state index in [1.807, 2.05) is 0 Å². The molecular weight excluding hydrogens is 384 g/mol. The van der Waals surface area contributed by atoms with Crippen molar-refractivity contribution >= 4 is 10.1 Å². The molecular formula is C24H50O4S. The lowest BCUT2D eigenvalue weighted by Gasteiger charge is -2.18. The van der Waals surface area contributed by atoms with Crippen LogP contribution in [0, 0.1) is 0 Å². The number of rotatable bonds is 22. The Balaban J connectivity index is 3.66. The van der Waals surface area contributed by atoms with Crippen LogP contribution in [0.25, 0.3) is 0 Å². The van der Waals surface area contributed by atoms with Crippen LogP contribution in [0.2, 0.25) is 0 Å². The lowest BCUT2D eigenvalue weighted by Crippen LogP contribution is -2.26. The molecule has 0 heterocycles. The first-order chi connectivity index (χ1) is 13.9. The van der Waals surface area contributed by atoms with E-state index in [0.717, 1.165) is 38.5 Å². The van der Waals surface area contributed by atoms with E-state index in [4.69, 9.17) is 0 Å². The zero-order chi connectivity index (χ0) is 21.8. The molecule has 29 heavy (non-hydrogen) atoms. The third kappa shape index (κ3) is 19.6. The molecule has 0 rings (SSSR count). The van der Waals surface area contributed by atoms with Crippen LogP contribution in [0.1, 0.15) is 142 Å². The van der Waals surface area contributed by atoms with Crippen molar-refractivity contribution in [2.45, 2.75) is 154 Å². The Hall–Kier alpha value is -0.130. The summed E-state index contributed by atoms with van der Waals surface area (Å²) >= 11 is 0. The molecule has 0 aliphatic carbocycles. The van der Waals surface area contributed by atoms with Crippen LogP contribution < -0.4 is 0 Å². The van der Waals surface area contributed by atoms with Gasteiger partial charge in [-0.05, 0) is 19.3 Å². The molecule has 0 aromatic rings. The van der Waals surface area contributed by atoms with Crippen LogP contribution in [0.4, 0.5) is 0 Å². The van der Waals surface area contributed by atoms with Crippen LogP contribution in [-0.2, 0) is 10.1 Å². The van der Waals surface area contributed by atoms with Crippen LogP contribution in [-0.4, -0.2) is 29.4 Å². The van der Waals surface area contributed by atoms with Crippen molar-refractivity contribution in [3.8, 4) is 0 Å². The van der Waals surface area contributed by atoms with E-state index < -0.39 is 21.5 Å². The zero-order valence-corrected chi connectivity index (χ0v) is 20.2. The number of hydrogen-bond acceptors (Lipinski definition) is 3. The van der Waals surface area contributed by atoms with Gasteiger partial charge in [0, 0.05) is 0 Å². The Morgan fingerprint density at radius 1 is 0.586 bits per heavy atom. The molecule has 0 amide bonds. The molecule has 0 aromatic carbocycles. The number of unbranched alkanes of at least 4 members (excludes halogenated alkanes) is 15. The summed E-state index contributed by atoms with van der Waals surface area (Å²) in [6.45, 7) is 4.36. The van der Waals surface area contributed by atoms with Gasteiger partial charge in [-0.15, -0.1) is 0 Å². The fourth-order valence-electron chi connectivity index (χ4n) is 4.01. The molecule has 2 unspecified atom stereocenters. The molecule has 176 valence electrons. The molecule has 0 radical (unpaired) electrons. The Morgan fingerprint density at radius 2 is 0.931 bits per heavy atom. The number of hydrogen-bond donors (Lipinski definition) is 2. The van der Waals surface area contributed by atoms with E-state index in [0.29, 0.717) is 12.8 Å². The van der Waals surface area contributed by atoms with E-state index in [1.54, 1.807) is 0 Å². The van der Waals surface area contributed by atoms with Gasteiger partial charge in [0.05, 0.1) is 11.4 Å². The van der Waals surface area contributed by atoms with Gasteiger partial charge in [-0.3, -0.25) is 4.55 Å². The first kappa shape index (κ1) is 28.9. The molecule has 0 aliphatic rings. The SMILES string of the molecule is CCCCCCCCCCCCCCCCC(CC(O)CCCCC)S(=O)(=O)O. The fourth-order valence-corrected chi connectivity index (χ4v) is 4.94. The molecule has 0 saturated carbocycles. The molecule has 0 spiro atoms. The monoisotopic (exact) mass is 434 g/mol. The first-order valence-corrected chi connectivity index (χ1v) is 14.1. The van der Waals surface area contributed by atoms with Gasteiger partial charge in [-0.2, -0.15) is 8.42 Å². The normalized spacial score (nSPS) is 14.2. The van der Waals surface area contributed by atoms with Crippen LogP contribution in [0.15, 0.2) is 0 Å². The maximum absolute atomic E-state index is 11.6. The van der Waals surface area contributed by atoms with Crippen molar-refractivity contribution in [2.24, 2.45) is 0 Å². The van der Waals surface area contributed by atoms with Gasteiger partial charge in [-0.1, -0.05) is 123 Å². The second kappa shape index (κ2) is 19.8. The summed E-state index contributed by atoms with van der Waals surface area (Å²) in [5.74, 6) is 0. The molecule has 5 heteroatoms. The summed E-state index contributed by atoms with van der Waals surface area (Å²) in [4.78, 5) is 0. The summed E-state index contributed by atoms with van der Waals surface area (Å²) in [6, 6.07) is 0. The zero-order valence-electron chi connectivity index (χ0n) is 19.4. The second-order valence-electron chi connectivity index (χ2n) is 8.91. The van der Waals surface area contributed by atoms with Crippen molar-refractivity contribution in [3.63, 3.8) is 0 Å². The van der Waals surface area contributed by atoms with E-state index in [9.17, 15) is 18.1 Å². The van der Waals surface area contributed by atoms with Crippen molar-refractivity contribution in [3.05, 3.63) is 0 Å². The van der Waals surface area contributed by atoms with Crippen molar-refractivity contribution in [1.29, 1.82) is 0 Å². The van der Waals surface area contributed by atoms with Gasteiger partial charge >= 0.3 is 0 Å². The predicted octanol–water partition coefficient (Wildman–Crippen LogP) is 7.45. The highest BCUT2D eigenvalue weighted by molar-refractivity contribution is 7.86. The average Bonchev–Trinajstić information content (AvgIpc) is 2.66. The largest absolute Gasteiger partial charge is 0.393 e. The smallest absolute Gasteiger partial charge is 0.267 e. The van der Waals surface area contributed by atoms with Crippen molar-refractivity contribution in [2.75, 3.05) is 0 Å². The minimum atomic E-state index is -4.07.